The van der Waals surface area contributed by atoms with Crippen LogP contribution in [-0.2, 0) is 9.47 Å². The Morgan fingerprint density at radius 2 is 1.50 bits per heavy atom. The lowest BCUT2D eigenvalue weighted by atomic mass is 9.81. The summed E-state index contributed by atoms with van der Waals surface area (Å²) in [5, 5.41) is 0. The number of rotatable bonds is 4. The first kappa shape index (κ1) is 17.3. The Balaban J connectivity index is 1.37. The van der Waals surface area contributed by atoms with E-state index in [4.69, 9.17) is 9.47 Å². The van der Waals surface area contributed by atoms with Gasteiger partial charge in [-0.25, -0.2) is 9.59 Å². The molecule has 2 aromatic rings. The summed E-state index contributed by atoms with van der Waals surface area (Å²) < 4.78 is 11.8. The highest BCUT2D eigenvalue weighted by Gasteiger charge is 2.59. The van der Waals surface area contributed by atoms with Gasteiger partial charge in [0.15, 0.2) is 0 Å². The Bertz CT molecular complexity index is 873. The fraction of sp³-hybridized carbons (Fsp3) is 0.455. The number of aromatic nitrogens is 2. The highest BCUT2D eigenvalue weighted by Crippen LogP contribution is 2.60. The SMILES string of the molecule is O=C(OC1CC2C3CCC(C3)C2C1OC(=O)c1cccnc1)c1cccnc1. The molecule has 2 bridgehead atoms. The number of pyridine rings is 2. The maximum atomic E-state index is 12.7. The summed E-state index contributed by atoms with van der Waals surface area (Å²) in [5.74, 6) is 1.17. The second-order valence-electron chi connectivity index (χ2n) is 8.11. The molecular formula is C22H22N2O4. The molecular weight excluding hydrogens is 356 g/mol. The molecule has 0 N–H and O–H groups in total. The van der Waals surface area contributed by atoms with Crippen molar-refractivity contribution in [3.63, 3.8) is 0 Å². The second kappa shape index (κ2) is 7.00. The Morgan fingerprint density at radius 3 is 2.14 bits per heavy atom. The minimum atomic E-state index is -0.410. The van der Waals surface area contributed by atoms with E-state index in [9.17, 15) is 9.59 Å². The summed E-state index contributed by atoms with van der Waals surface area (Å²) in [7, 11) is 0. The number of hydrogen-bond acceptors (Lipinski definition) is 6. The lowest BCUT2D eigenvalue weighted by molar-refractivity contribution is -0.0417. The molecule has 6 unspecified atom stereocenters. The van der Waals surface area contributed by atoms with Gasteiger partial charge in [-0.3, -0.25) is 9.97 Å². The van der Waals surface area contributed by atoms with Crippen LogP contribution in [0.5, 0.6) is 0 Å². The molecule has 3 aliphatic rings. The first-order chi connectivity index (χ1) is 13.7. The van der Waals surface area contributed by atoms with Crippen LogP contribution in [0, 0.1) is 23.7 Å². The zero-order chi connectivity index (χ0) is 19.1. The largest absolute Gasteiger partial charge is 0.455 e. The van der Waals surface area contributed by atoms with Crippen LogP contribution in [0.4, 0.5) is 0 Å². The van der Waals surface area contributed by atoms with Crippen LogP contribution in [0.25, 0.3) is 0 Å². The molecule has 2 aromatic heterocycles. The van der Waals surface area contributed by atoms with Crippen molar-refractivity contribution in [2.24, 2.45) is 23.7 Å². The fourth-order valence-corrected chi connectivity index (χ4v) is 5.60. The maximum absolute atomic E-state index is 12.7. The van der Waals surface area contributed by atoms with Crippen LogP contribution in [0.3, 0.4) is 0 Å². The van der Waals surface area contributed by atoms with E-state index in [1.165, 1.54) is 31.7 Å². The van der Waals surface area contributed by atoms with E-state index >= 15 is 0 Å². The van der Waals surface area contributed by atoms with Gasteiger partial charge < -0.3 is 9.47 Å². The Morgan fingerprint density at radius 1 is 0.857 bits per heavy atom. The first-order valence-corrected chi connectivity index (χ1v) is 9.92. The lowest BCUT2D eigenvalue weighted by Crippen LogP contribution is -2.37. The van der Waals surface area contributed by atoms with Crippen molar-refractivity contribution in [3.05, 3.63) is 60.2 Å². The average Bonchev–Trinajstić information content (AvgIpc) is 3.43. The van der Waals surface area contributed by atoms with Gasteiger partial charge in [-0.1, -0.05) is 0 Å². The van der Waals surface area contributed by atoms with E-state index in [0.29, 0.717) is 28.9 Å². The molecule has 0 radical (unpaired) electrons. The molecule has 6 atom stereocenters. The van der Waals surface area contributed by atoms with E-state index in [1.54, 1.807) is 36.7 Å². The van der Waals surface area contributed by atoms with Crippen LogP contribution in [0.1, 0.15) is 46.4 Å². The van der Waals surface area contributed by atoms with Gasteiger partial charge in [0.2, 0.25) is 0 Å². The van der Waals surface area contributed by atoms with Crippen LogP contribution in [-0.4, -0.2) is 34.1 Å². The number of fused-ring (bicyclic) bond motifs is 5. The van der Waals surface area contributed by atoms with E-state index in [-0.39, 0.29) is 5.92 Å². The van der Waals surface area contributed by atoms with E-state index in [1.807, 2.05) is 0 Å². The minimum absolute atomic E-state index is 0.283. The molecule has 3 saturated carbocycles. The molecule has 3 fully saturated rings. The van der Waals surface area contributed by atoms with Gasteiger partial charge in [0, 0.05) is 30.7 Å². The lowest BCUT2D eigenvalue weighted by Gasteiger charge is -2.29. The summed E-state index contributed by atoms with van der Waals surface area (Å²) in [6.45, 7) is 0. The number of hydrogen-bond donors (Lipinski definition) is 0. The Hall–Kier alpha value is -2.76. The van der Waals surface area contributed by atoms with Crippen molar-refractivity contribution < 1.29 is 19.1 Å². The zero-order valence-electron chi connectivity index (χ0n) is 15.4. The molecule has 3 aliphatic carbocycles. The third-order valence-corrected chi connectivity index (χ3v) is 6.70. The normalized spacial score (nSPS) is 32.7. The van der Waals surface area contributed by atoms with Crippen molar-refractivity contribution in [1.82, 2.24) is 9.97 Å². The number of esters is 2. The molecule has 0 amide bonds. The van der Waals surface area contributed by atoms with Crippen molar-refractivity contribution in [2.75, 3.05) is 0 Å². The third kappa shape index (κ3) is 2.97. The van der Waals surface area contributed by atoms with Gasteiger partial charge >= 0.3 is 11.9 Å². The molecule has 2 heterocycles. The minimum Gasteiger partial charge on any atom is -0.455 e. The molecule has 5 rings (SSSR count). The van der Waals surface area contributed by atoms with E-state index in [0.717, 1.165) is 6.42 Å². The second-order valence-corrected chi connectivity index (χ2v) is 8.11. The van der Waals surface area contributed by atoms with Gasteiger partial charge in [0.25, 0.3) is 0 Å². The van der Waals surface area contributed by atoms with Gasteiger partial charge in [-0.15, -0.1) is 0 Å². The monoisotopic (exact) mass is 378 g/mol. The van der Waals surface area contributed by atoms with Gasteiger partial charge in [-0.2, -0.15) is 0 Å². The Labute approximate surface area is 163 Å². The summed E-state index contributed by atoms with van der Waals surface area (Å²) >= 11 is 0. The number of nitrogens with zero attached hydrogens (tertiary/aromatic N) is 2. The fourth-order valence-electron chi connectivity index (χ4n) is 5.60. The van der Waals surface area contributed by atoms with Gasteiger partial charge in [0.1, 0.15) is 12.2 Å². The van der Waals surface area contributed by atoms with Crippen LogP contribution >= 0.6 is 0 Å². The Kier molecular flexibility index (Phi) is 4.34. The van der Waals surface area contributed by atoms with E-state index < -0.39 is 24.1 Å². The van der Waals surface area contributed by atoms with Gasteiger partial charge in [0.05, 0.1) is 11.1 Å². The van der Waals surface area contributed by atoms with Crippen LogP contribution in [0.2, 0.25) is 0 Å². The predicted octanol–water partition coefficient (Wildman–Crippen LogP) is 3.29. The molecule has 0 spiro atoms. The molecule has 28 heavy (non-hydrogen) atoms. The molecule has 0 aliphatic heterocycles. The standard InChI is InChI=1S/C22H22N2O4/c25-21(15-3-1-7-23-11-15)27-18-10-17-13-5-6-14(9-13)19(17)20(18)28-22(26)16-4-2-8-24-12-16/h1-4,7-8,11-14,17-20H,5-6,9-10H2. The predicted molar refractivity (Wildman–Crippen MR) is 99.3 cm³/mol. The van der Waals surface area contributed by atoms with Crippen molar-refractivity contribution in [3.8, 4) is 0 Å². The van der Waals surface area contributed by atoms with Crippen LogP contribution < -0.4 is 0 Å². The smallest absolute Gasteiger partial charge is 0.340 e. The molecule has 0 saturated heterocycles. The third-order valence-electron chi connectivity index (χ3n) is 6.70. The number of carbonyl (C=O) groups excluding carboxylic acids is 2. The molecule has 6 nitrogen and oxygen atoms in total. The topological polar surface area (TPSA) is 78.4 Å². The van der Waals surface area contributed by atoms with Crippen molar-refractivity contribution in [1.29, 1.82) is 0 Å². The molecule has 6 heteroatoms. The van der Waals surface area contributed by atoms with Crippen molar-refractivity contribution in [2.45, 2.75) is 37.9 Å². The molecule has 0 aromatic carbocycles. The summed E-state index contributed by atoms with van der Waals surface area (Å²) in [6, 6.07) is 6.80. The highest BCUT2D eigenvalue weighted by molar-refractivity contribution is 5.90. The highest BCUT2D eigenvalue weighted by atomic mass is 16.6. The molecule has 144 valence electrons. The summed E-state index contributed by atoms with van der Waals surface area (Å²) in [6.07, 6.45) is 9.82. The van der Waals surface area contributed by atoms with Crippen LogP contribution in [0.15, 0.2) is 49.1 Å². The zero-order valence-corrected chi connectivity index (χ0v) is 15.4. The summed E-state index contributed by atoms with van der Waals surface area (Å²) in [4.78, 5) is 33.3. The first-order valence-electron chi connectivity index (χ1n) is 9.92. The number of ether oxygens (including phenoxy) is 2. The van der Waals surface area contributed by atoms with E-state index in [2.05, 4.69) is 9.97 Å². The number of carbonyl (C=O) groups is 2. The summed E-state index contributed by atoms with van der Waals surface area (Å²) in [5.41, 5.74) is 0.839. The van der Waals surface area contributed by atoms with Gasteiger partial charge in [-0.05, 0) is 67.7 Å². The van der Waals surface area contributed by atoms with Crippen molar-refractivity contribution >= 4 is 11.9 Å². The average molecular weight is 378 g/mol. The maximum Gasteiger partial charge on any atom is 0.340 e. The quantitative estimate of drug-likeness (QED) is 0.760.